The van der Waals surface area contributed by atoms with Gasteiger partial charge in [0.2, 0.25) is 5.95 Å². The Morgan fingerprint density at radius 1 is 0.871 bits per heavy atom. The van der Waals surface area contributed by atoms with Crippen molar-refractivity contribution in [2.45, 2.75) is 26.3 Å². The maximum absolute atomic E-state index is 12.8. The third-order valence-corrected chi connectivity index (χ3v) is 5.71. The van der Waals surface area contributed by atoms with Gasteiger partial charge in [-0.15, -0.1) is 0 Å². The largest absolute Gasteiger partial charge is 0.325 e. The zero-order valence-corrected chi connectivity index (χ0v) is 18.1. The van der Waals surface area contributed by atoms with E-state index in [2.05, 4.69) is 34.6 Å². The molecule has 0 radical (unpaired) electrons. The number of benzene rings is 3. The number of aryl methyl sites for hydroxylation is 2. The lowest BCUT2D eigenvalue weighted by Crippen LogP contribution is -2.21. The van der Waals surface area contributed by atoms with Gasteiger partial charge in [0.15, 0.2) is 0 Å². The normalized spacial score (nSPS) is 10.8. The van der Waals surface area contributed by atoms with Crippen LogP contribution >= 0.6 is 11.6 Å². The van der Waals surface area contributed by atoms with Crippen LogP contribution in [0.25, 0.3) is 0 Å². The molecule has 0 fully saturated rings. The van der Waals surface area contributed by atoms with Gasteiger partial charge in [-0.25, -0.2) is 0 Å². The highest BCUT2D eigenvalue weighted by Gasteiger charge is 2.12. The smallest absolute Gasteiger partial charge is 0.277 e. The van der Waals surface area contributed by atoms with E-state index < -0.39 is 0 Å². The zero-order chi connectivity index (χ0) is 21.6. The summed E-state index contributed by atoms with van der Waals surface area (Å²) >= 11 is 6.28. The molecule has 4 nitrogen and oxygen atoms in total. The molecule has 0 saturated carbocycles. The van der Waals surface area contributed by atoms with Crippen LogP contribution in [0.1, 0.15) is 22.3 Å². The van der Waals surface area contributed by atoms with Crippen LogP contribution in [0.2, 0.25) is 5.02 Å². The highest BCUT2D eigenvalue weighted by atomic mass is 35.5. The Labute approximate surface area is 187 Å². The number of hydrogen-bond acceptors (Lipinski definition) is 3. The highest BCUT2D eigenvalue weighted by molar-refractivity contribution is 6.31. The van der Waals surface area contributed by atoms with Gasteiger partial charge in [-0.2, -0.15) is 4.98 Å². The molecule has 1 aromatic heterocycles. The molecular weight excluding hydrogens is 406 g/mol. The van der Waals surface area contributed by atoms with Gasteiger partial charge in [0.05, 0.1) is 6.54 Å². The van der Waals surface area contributed by atoms with E-state index in [1.165, 1.54) is 5.56 Å². The van der Waals surface area contributed by atoms with Crippen LogP contribution in [-0.2, 0) is 19.4 Å². The van der Waals surface area contributed by atoms with Crippen LogP contribution < -0.4 is 10.9 Å². The van der Waals surface area contributed by atoms with Crippen molar-refractivity contribution in [3.05, 3.63) is 123 Å². The van der Waals surface area contributed by atoms with Crippen molar-refractivity contribution in [1.29, 1.82) is 0 Å². The number of rotatable bonds is 7. The average molecular weight is 430 g/mol. The molecule has 0 bridgehead atoms. The third-order valence-electron chi connectivity index (χ3n) is 5.30. The minimum atomic E-state index is -0.206. The fourth-order valence-electron chi connectivity index (χ4n) is 3.50. The van der Waals surface area contributed by atoms with Crippen LogP contribution in [0.5, 0.6) is 0 Å². The predicted molar refractivity (Wildman–Crippen MR) is 127 cm³/mol. The second-order valence-corrected chi connectivity index (χ2v) is 7.94. The highest BCUT2D eigenvalue weighted by Crippen LogP contribution is 2.25. The Morgan fingerprint density at radius 3 is 2.26 bits per heavy atom. The molecule has 0 unspecified atom stereocenters. The molecule has 0 aliphatic heterocycles. The van der Waals surface area contributed by atoms with Crippen LogP contribution in [-0.4, -0.2) is 9.55 Å². The van der Waals surface area contributed by atoms with Crippen LogP contribution in [0.3, 0.4) is 0 Å². The van der Waals surface area contributed by atoms with Crippen LogP contribution in [0.15, 0.2) is 89.9 Å². The van der Waals surface area contributed by atoms with E-state index >= 15 is 0 Å². The summed E-state index contributed by atoms with van der Waals surface area (Å²) < 4.78 is 2.00. The van der Waals surface area contributed by atoms with Gasteiger partial charge >= 0.3 is 0 Å². The fourth-order valence-corrected chi connectivity index (χ4v) is 3.67. The maximum Gasteiger partial charge on any atom is 0.277 e. The summed E-state index contributed by atoms with van der Waals surface area (Å²) in [6.07, 6.45) is 3.36. The Balaban J connectivity index is 1.68. The van der Waals surface area contributed by atoms with Gasteiger partial charge in [0, 0.05) is 22.5 Å². The monoisotopic (exact) mass is 429 g/mol. The number of halogens is 1. The zero-order valence-electron chi connectivity index (χ0n) is 17.4. The number of aromatic nitrogens is 2. The minimum absolute atomic E-state index is 0.206. The quantitative estimate of drug-likeness (QED) is 0.405. The second kappa shape index (κ2) is 9.63. The lowest BCUT2D eigenvalue weighted by atomic mass is 10.1. The molecular formula is C26H24ClN3O. The molecule has 0 aliphatic carbocycles. The summed E-state index contributed by atoms with van der Waals surface area (Å²) in [6.45, 7) is 2.55. The lowest BCUT2D eigenvalue weighted by molar-refractivity contribution is 0.752. The molecule has 4 aromatic rings. The van der Waals surface area contributed by atoms with E-state index in [0.29, 0.717) is 29.5 Å². The van der Waals surface area contributed by atoms with Gasteiger partial charge in [-0.1, -0.05) is 78.3 Å². The first-order valence-electron chi connectivity index (χ1n) is 10.3. The van der Waals surface area contributed by atoms with Gasteiger partial charge < -0.3 is 9.88 Å². The van der Waals surface area contributed by atoms with Crippen LogP contribution in [0, 0.1) is 6.92 Å². The van der Waals surface area contributed by atoms with Crippen molar-refractivity contribution < 1.29 is 0 Å². The van der Waals surface area contributed by atoms with Crippen molar-refractivity contribution in [2.75, 3.05) is 5.32 Å². The molecule has 5 heteroatoms. The first kappa shape index (κ1) is 20.9. The molecule has 0 amide bonds. The summed E-state index contributed by atoms with van der Waals surface area (Å²) in [5.41, 5.74) is 4.58. The number of anilines is 2. The summed E-state index contributed by atoms with van der Waals surface area (Å²) in [4.78, 5) is 17.2. The average Bonchev–Trinajstić information content (AvgIpc) is 2.79. The number of hydrogen-bond donors (Lipinski definition) is 1. The van der Waals surface area contributed by atoms with Gasteiger partial charge in [0.25, 0.3) is 5.56 Å². The van der Waals surface area contributed by atoms with Crippen molar-refractivity contribution in [1.82, 2.24) is 9.55 Å². The molecule has 4 rings (SSSR count). The van der Waals surface area contributed by atoms with E-state index in [-0.39, 0.29) is 5.56 Å². The molecule has 0 aliphatic rings. The Morgan fingerprint density at radius 2 is 1.55 bits per heavy atom. The molecule has 0 spiro atoms. The van der Waals surface area contributed by atoms with E-state index in [1.54, 1.807) is 0 Å². The summed E-state index contributed by atoms with van der Waals surface area (Å²) in [5, 5.41) is 3.98. The third kappa shape index (κ3) is 5.22. The first-order valence-corrected chi connectivity index (χ1v) is 10.7. The van der Waals surface area contributed by atoms with Crippen molar-refractivity contribution in [2.24, 2.45) is 0 Å². The summed E-state index contributed by atoms with van der Waals surface area (Å²) in [6, 6.07) is 26.0. The molecule has 1 N–H and O–H groups in total. The molecule has 3 aromatic carbocycles. The van der Waals surface area contributed by atoms with E-state index in [0.717, 1.165) is 23.2 Å². The van der Waals surface area contributed by atoms with Gasteiger partial charge in [-0.05, 0) is 48.6 Å². The van der Waals surface area contributed by atoms with E-state index in [1.807, 2.05) is 72.3 Å². The fraction of sp³-hybridized carbons (Fsp3) is 0.154. The molecule has 1 heterocycles. The number of nitrogens with zero attached hydrogens (tertiary/aromatic N) is 2. The maximum atomic E-state index is 12.8. The standard InChI is InChI=1S/C26H24ClN3O/c1-19-23(27)13-8-14-24(19)28-26-29-25(31)22(16-15-20-9-4-2-5-10-20)18-30(26)17-21-11-6-3-7-12-21/h2-14,18H,15-17H2,1H3,(H,28,29,31). The molecule has 156 valence electrons. The Hall–Kier alpha value is -3.37. The molecule has 31 heavy (non-hydrogen) atoms. The summed E-state index contributed by atoms with van der Waals surface area (Å²) in [7, 11) is 0. The molecule has 0 atom stereocenters. The lowest BCUT2D eigenvalue weighted by Gasteiger charge is -2.17. The second-order valence-electron chi connectivity index (χ2n) is 7.53. The minimum Gasteiger partial charge on any atom is -0.325 e. The van der Waals surface area contributed by atoms with E-state index in [9.17, 15) is 4.79 Å². The predicted octanol–water partition coefficient (Wildman–Crippen LogP) is 5.78. The molecule has 0 saturated heterocycles. The van der Waals surface area contributed by atoms with Crippen molar-refractivity contribution in [3.63, 3.8) is 0 Å². The van der Waals surface area contributed by atoms with Crippen LogP contribution in [0.4, 0.5) is 11.6 Å². The topological polar surface area (TPSA) is 46.9 Å². The first-order chi connectivity index (χ1) is 15.1. The van der Waals surface area contributed by atoms with E-state index in [4.69, 9.17) is 11.6 Å². The van der Waals surface area contributed by atoms with Crippen molar-refractivity contribution in [3.8, 4) is 0 Å². The SMILES string of the molecule is Cc1c(Cl)cccc1Nc1nc(=O)c(CCc2ccccc2)cn1Cc1ccccc1. The van der Waals surface area contributed by atoms with Gasteiger partial charge in [0.1, 0.15) is 0 Å². The Bertz CT molecular complexity index is 1220. The van der Waals surface area contributed by atoms with Crippen molar-refractivity contribution >= 4 is 23.2 Å². The van der Waals surface area contributed by atoms with Gasteiger partial charge in [-0.3, -0.25) is 4.79 Å². The number of nitrogens with one attached hydrogen (secondary N) is 1. The summed E-state index contributed by atoms with van der Waals surface area (Å²) in [5.74, 6) is 0.502. The Kier molecular flexibility index (Phi) is 6.48.